The van der Waals surface area contributed by atoms with Gasteiger partial charge >= 0.3 is 0 Å². The summed E-state index contributed by atoms with van der Waals surface area (Å²) in [5, 5.41) is 1.07. The smallest absolute Gasteiger partial charge is 0.145 e. The Hall–Kier alpha value is -1.28. The van der Waals surface area contributed by atoms with E-state index >= 15 is 0 Å². The minimum atomic E-state index is -0.00412. The van der Waals surface area contributed by atoms with Gasteiger partial charge in [0.1, 0.15) is 11.3 Å². The van der Waals surface area contributed by atoms with Crippen molar-refractivity contribution in [2.45, 2.75) is 32.1 Å². The van der Waals surface area contributed by atoms with Gasteiger partial charge in [-0.25, -0.2) is 4.98 Å². The highest BCUT2D eigenvalue weighted by Crippen LogP contribution is 2.31. The van der Waals surface area contributed by atoms with Crippen LogP contribution in [0.4, 0.5) is 0 Å². The van der Waals surface area contributed by atoms with Crippen LogP contribution < -0.4 is 4.74 Å². The number of hydrogen-bond acceptors (Lipinski definition) is 2. The van der Waals surface area contributed by atoms with E-state index in [-0.39, 0.29) is 5.41 Å². The van der Waals surface area contributed by atoms with Crippen molar-refractivity contribution in [2.24, 2.45) is 0 Å². The lowest BCUT2D eigenvalue weighted by Gasteiger charge is -2.20. The number of fused-ring (bicyclic) bond motifs is 1. The molecule has 0 bridgehead atoms. The van der Waals surface area contributed by atoms with Gasteiger partial charge < -0.3 is 4.74 Å². The molecule has 0 fully saturated rings. The Balaban J connectivity index is 2.80. The van der Waals surface area contributed by atoms with Crippen molar-refractivity contribution in [2.75, 3.05) is 7.11 Å². The Kier molecular flexibility index (Phi) is 3.49. The molecule has 0 radical (unpaired) electrons. The first-order chi connectivity index (χ1) is 8.47. The molecule has 0 aliphatic heterocycles. The summed E-state index contributed by atoms with van der Waals surface area (Å²) in [7, 11) is 1.67. The molecule has 0 aliphatic rings. The van der Waals surface area contributed by atoms with E-state index in [4.69, 9.17) is 21.3 Å². The van der Waals surface area contributed by atoms with E-state index < -0.39 is 0 Å². The second-order valence-electron chi connectivity index (χ2n) is 5.41. The maximum Gasteiger partial charge on any atom is 0.145 e. The normalized spacial score (nSPS) is 11.8. The summed E-state index contributed by atoms with van der Waals surface area (Å²) in [5.41, 5.74) is 3.03. The molecule has 2 aromatic rings. The molecule has 0 aliphatic carbocycles. The number of para-hydroxylation sites is 1. The van der Waals surface area contributed by atoms with E-state index in [1.807, 2.05) is 18.2 Å². The van der Waals surface area contributed by atoms with E-state index in [1.165, 1.54) is 0 Å². The fourth-order valence-corrected chi connectivity index (χ4v) is 2.17. The topological polar surface area (TPSA) is 22.1 Å². The molecular weight excluding hydrogens is 246 g/mol. The van der Waals surface area contributed by atoms with Crippen LogP contribution in [-0.2, 0) is 11.3 Å². The van der Waals surface area contributed by atoms with Crippen molar-refractivity contribution in [3.8, 4) is 5.75 Å². The summed E-state index contributed by atoms with van der Waals surface area (Å²) in [6.45, 7) is 6.44. The molecule has 3 heteroatoms. The lowest BCUT2D eigenvalue weighted by atomic mass is 9.90. The van der Waals surface area contributed by atoms with Gasteiger partial charge in [0, 0.05) is 22.4 Å². The molecule has 0 amide bonds. The van der Waals surface area contributed by atoms with Crippen LogP contribution in [0.3, 0.4) is 0 Å². The first-order valence-electron chi connectivity index (χ1n) is 6.00. The molecule has 0 unspecified atom stereocenters. The third kappa shape index (κ3) is 2.30. The molecule has 0 N–H and O–H groups in total. The predicted octanol–water partition coefficient (Wildman–Crippen LogP) is 4.28. The van der Waals surface area contributed by atoms with E-state index in [0.717, 1.165) is 27.9 Å². The molecule has 18 heavy (non-hydrogen) atoms. The van der Waals surface area contributed by atoms with Gasteiger partial charge in [0.15, 0.2) is 0 Å². The molecule has 0 saturated heterocycles. The van der Waals surface area contributed by atoms with Crippen LogP contribution in [0.5, 0.6) is 5.75 Å². The Morgan fingerprint density at radius 1 is 1.28 bits per heavy atom. The number of aromatic nitrogens is 1. The fraction of sp³-hybridized carbons (Fsp3) is 0.400. The van der Waals surface area contributed by atoms with Crippen molar-refractivity contribution in [1.82, 2.24) is 4.98 Å². The summed E-state index contributed by atoms with van der Waals surface area (Å²) in [6.07, 6.45) is 0. The minimum Gasteiger partial charge on any atom is -0.494 e. The standard InChI is InChI=1S/C15H18ClNO/c1-15(2,3)13-8-10(9-16)11-6-5-7-12(18-4)14(11)17-13/h5-8H,9H2,1-4H3. The summed E-state index contributed by atoms with van der Waals surface area (Å²) in [4.78, 5) is 4.74. The zero-order valence-electron chi connectivity index (χ0n) is 11.2. The first kappa shape index (κ1) is 13.2. The van der Waals surface area contributed by atoms with Gasteiger partial charge in [0.25, 0.3) is 0 Å². The lowest BCUT2D eigenvalue weighted by Crippen LogP contribution is -2.14. The molecule has 0 saturated carbocycles. The number of methoxy groups -OCH3 is 1. The molecule has 96 valence electrons. The maximum atomic E-state index is 6.05. The summed E-state index contributed by atoms with van der Waals surface area (Å²) >= 11 is 6.05. The van der Waals surface area contributed by atoms with Crippen LogP contribution in [0.15, 0.2) is 24.3 Å². The number of halogens is 1. The van der Waals surface area contributed by atoms with E-state index in [2.05, 4.69) is 26.8 Å². The van der Waals surface area contributed by atoms with E-state index in [1.54, 1.807) is 7.11 Å². The van der Waals surface area contributed by atoms with Crippen molar-refractivity contribution in [1.29, 1.82) is 0 Å². The molecule has 2 nitrogen and oxygen atoms in total. The van der Waals surface area contributed by atoms with Gasteiger partial charge in [0.2, 0.25) is 0 Å². The van der Waals surface area contributed by atoms with Crippen LogP contribution in [0.25, 0.3) is 10.9 Å². The largest absolute Gasteiger partial charge is 0.494 e. The summed E-state index contributed by atoms with van der Waals surface area (Å²) < 4.78 is 5.39. The SMILES string of the molecule is COc1cccc2c(CCl)cc(C(C)(C)C)nc12. The van der Waals surface area contributed by atoms with Crippen LogP contribution >= 0.6 is 11.6 Å². The third-order valence-electron chi connectivity index (χ3n) is 3.02. The second-order valence-corrected chi connectivity index (χ2v) is 5.67. The Bertz CT molecular complexity index is 572. The monoisotopic (exact) mass is 263 g/mol. The number of nitrogens with zero attached hydrogens (tertiary/aromatic N) is 1. The van der Waals surface area contributed by atoms with Gasteiger partial charge in [-0.05, 0) is 17.7 Å². The van der Waals surface area contributed by atoms with Crippen LogP contribution in [-0.4, -0.2) is 12.1 Å². The number of pyridine rings is 1. The highest BCUT2D eigenvalue weighted by molar-refractivity contribution is 6.18. The zero-order chi connectivity index (χ0) is 13.3. The van der Waals surface area contributed by atoms with Gasteiger partial charge in [-0.1, -0.05) is 32.9 Å². The van der Waals surface area contributed by atoms with Crippen molar-refractivity contribution in [3.05, 3.63) is 35.5 Å². The van der Waals surface area contributed by atoms with Gasteiger partial charge in [-0.15, -0.1) is 11.6 Å². The molecule has 0 spiro atoms. The molecule has 1 aromatic heterocycles. The first-order valence-corrected chi connectivity index (χ1v) is 6.54. The number of ether oxygens (including phenoxy) is 1. The van der Waals surface area contributed by atoms with Gasteiger partial charge in [-0.2, -0.15) is 0 Å². The Morgan fingerprint density at radius 3 is 2.56 bits per heavy atom. The molecule has 1 heterocycles. The quantitative estimate of drug-likeness (QED) is 0.755. The molecule has 2 rings (SSSR count). The Labute approximate surface area is 113 Å². The molecule has 1 aromatic carbocycles. The van der Waals surface area contributed by atoms with E-state index in [0.29, 0.717) is 5.88 Å². The van der Waals surface area contributed by atoms with Crippen LogP contribution in [0, 0.1) is 0 Å². The van der Waals surface area contributed by atoms with Gasteiger partial charge in [0.05, 0.1) is 7.11 Å². The highest BCUT2D eigenvalue weighted by Gasteiger charge is 2.18. The number of hydrogen-bond donors (Lipinski definition) is 0. The number of rotatable bonds is 2. The maximum absolute atomic E-state index is 6.05. The minimum absolute atomic E-state index is 0.00412. The predicted molar refractivity (Wildman–Crippen MR) is 76.6 cm³/mol. The van der Waals surface area contributed by atoms with Crippen molar-refractivity contribution >= 4 is 22.5 Å². The third-order valence-corrected chi connectivity index (χ3v) is 3.31. The highest BCUT2D eigenvalue weighted by atomic mass is 35.5. The lowest BCUT2D eigenvalue weighted by molar-refractivity contribution is 0.418. The van der Waals surface area contributed by atoms with Crippen molar-refractivity contribution in [3.63, 3.8) is 0 Å². The average molecular weight is 264 g/mol. The second kappa shape index (κ2) is 4.77. The van der Waals surface area contributed by atoms with E-state index in [9.17, 15) is 0 Å². The van der Waals surface area contributed by atoms with Crippen molar-refractivity contribution < 1.29 is 4.74 Å². The fourth-order valence-electron chi connectivity index (χ4n) is 1.95. The average Bonchev–Trinajstić information content (AvgIpc) is 2.35. The van der Waals surface area contributed by atoms with Crippen LogP contribution in [0.1, 0.15) is 32.0 Å². The summed E-state index contributed by atoms with van der Waals surface area (Å²) in [6, 6.07) is 8.03. The number of benzene rings is 1. The summed E-state index contributed by atoms with van der Waals surface area (Å²) in [5.74, 6) is 1.28. The Morgan fingerprint density at radius 2 is 2.00 bits per heavy atom. The zero-order valence-corrected chi connectivity index (χ0v) is 12.0. The van der Waals surface area contributed by atoms with Gasteiger partial charge in [-0.3, -0.25) is 0 Å². The number of alkyl halides is 1. The molecular formula is C15H18ClNO. The molecule has 0 atom stereocenters. The van der Waals surface area contributed by atoms with Crippen LogP contribution in [0.2, 0.25) is 0 Å².